The van der Waals surface area contributed by atoms with E-state index in [0.29, 0.717) is 24.0 Å². The van der Waals surface area contributed by atoms with E-state index in [1.807, 2.05) is 11.8 Å². The Balaban J connectivity index is 1.69. The molecule has 3 fully saturated rings. The predicted octanol–water partition coefficient (Wildman–Crippen LogP) is 1.94. The zero-order chi connectivity index (χ0) is 14.0. The second-order valence-corrected chi connectivity index (χ2v) is 7.65. The van der Waals surface area contributed by atoms with Gasteiger partial charge in [-0.2, -0.15) is 11.8 Å². The first kappa shape index (κ1) is 15.1. The van der Waals surface area contributed by atoms with Crippen molar-refractivity contribution in [3.63, 3.8) is 0 Å². The monoisotopic (exact) mass is 300 g/mol. The molecule has 4 nitrogen and oxygen atoms in total. The lowest BCUT2D eigenvalue weighted by Crippen LogP contribution is -2.53. The highest BCUT2D eigenvalue weighted by Gasteiger charge is 2.45. The van der Waals surface area contributed by atoms with E-state index in [0.717, 1.165) is 32.5 Å². The molecule has 5 heteroatoms. The summed E-state index contributed by atoms with van der Waals surface area (Å²) in [5.74, 6) is 9.55. The molecule has 3 saturated heterocycles. The predicted molar refractivity (Wildman–Crippen MR) is 82.6 cm³/mol. The van der Waals surface area contributed by atoms with E-state index in [1.54, 1.807) is 0 Å². The van der Waals surface area contributed by atoms with Crippen LogP contribution in [0.4, 0.5) is 0 Å². The lowest BCUT2D eigenvalue weighted by Gasteiger charge is -2.43. The van der Waals surface area contributed by atoms with Crippen molar-refractivity contribution in [2.24, 2.45) is 17.7 Å². The third kappa shape index (κ3) is 2.88. The van der Waals surface area contributed by atoms with Crippen LogP contribution >= 0.6 is 11.8 Å². The average Bonchev–Trinajstić information content (AvgIpc) is 3.10. The molecule has 3 aliphatic rings. The van der Waals surface area contributed by atoms with Crippen LogP contribution in [-0.2, 0) is 9.47 Å². The summed E-state index contributed by atoms with van der Waals surface area (Å²) in [6.07, 6.45) is 6.13. The Morgan fingerprint density at radius 1 is 1.40 bits per heavy atom. The minimum Gasteiger partial charge on any atom is -0.378 e. The van der Waals surface area contributed by atoms with Crippen molar-refractivity contribution in [2.45, 2.75) is 56.8 Å². The summed E-state index contributed by atoms with van der Waals surface area (Å²) in [5.41, 5.74) is 3.28. The first-order chi connectivity index (χ1) is 9.78. The van der Waals surface area contributed by atoms with Crippen LogP contribution in [-0.4, -0.2) is 42.5 Å². The molecule has 0 aromatic rings. The van der Waals surface area contributed by atoms with Gasteiger partial charge in [-0.25, -0.2) is 0 Å². The van der Waals surface area contributed by atoms with Gasteiger partial charge in [0.05, 0.1) is 11.7 Å². The van der Waals surface area contributed by atoms with Crippen molar-refractivity contribution < 1.29 is 9.47 Å². The molecular weight excluding hydrogens is 272 g/mol. The van der Waals surface area contributed by atoms with Crippen LogP contribution in [0.2, 0.25) is 0 Å². The highest BCUT2D eigenvalue weighted by atomic mass is 32.2. The average molecular weight is 300 g/mol. The molecule has 0 aliphatic carbocycles. The second kappa shape index (κ2) is 6.53. The van der Waals surface area contributed by atoms with Gasteiger partial charge in [0.15, 0.2) is 0 Å². The van der Waals surface area contributed by atoms with E-state index in [1.165, 1.54) is 24.3 Å². The maximum absolute atomic E-state index is 6.15. The molecule has 0 aromatic heterocycles. The molecule has 5 unspecified atom stereocenters. The number of hydrogen-bond donors (Lipinski definition) is 2. The normalized spacial score (nSPS) is 43.2. The first-order valence-electron chi connectivity index (χ1n) is 8.07. The third-order valence-corrected chi connectivity index (χ3v) is 6.65. The first-order valence-corrected chi connectivity index (χ1v) is 9.23. The standard InChI is InChI=1S/C15H28N2O2S/c1-2-13-12(4-6-18-13)14(17-16)11-3-7-19-15(9-11)5-8-20-10-15/h11-14,17H,2-10,16H2,1H3. The number of nitrogens with two attached hydrogens (primary N) is 1. The van der Waals surface area contributed by atoms with E-state index in [4.69, 9.17) is 15.3 Å². The largest absolute Gasteiger partial charge is 0.378 e. The van der Waals surface area contributed by atoms with Crippen molar-refractivity contribution in [1.82, 2.24) is 5.43 Å². The molecule has 3 heterocycles. The number of nitrogens with one attached hydrogen (secondary N) is 1. The van der Waals surface area contributed by atoms with Gasteiger partial charge in [-0.05, 0) is 43.8 Å². The molecule has 3 N–H and O–H groups in total. The summed E-state index contributed by atoms with van der Waals surface area (Å²) in [5, 5.41) is 0. The molecule has 0 amide bonds. The molecule has 116 valence electrons. The van der Waals surface area contributed by atoms with Crippen molar-refractivity contribution in [3.05, 3.63) is 0 Å². The van der Waals surface area contributed by atoms with Crippen LogP contribution < -0.4 is 11.3 Å². The third-order valence-electron chi connectivity index (χ3n) is 5.42. The summed E-state index contributed by atoms with van der Waals surface area (Å²) < 4.78 is 12.0. The van der Waals surface area contributed by atoms with Gasteiger partial charge in [0, 0.05) is 30.9 Å². The minimum absolute atomic E-state index is 0.143. The molecule has 0 bridgehead atoms. The summed E-state index contributed by atoms with van der Waals surface area (Å²) in [7, 11) is 0. The number of rotatable bonds is 4. The topological polar surface area (TPSA) is 56.5 Å². The van der Waals surface area contributed by atoms with E-state index < -0.39 is 0 Å². The van der Waals surface area contributed by atoms with Gasteiger partial charge < -0.3 is 9.47 Å². The van der Waals surface area contributed by atoms with Crippen LogP contribution in [0.1, 0.15) is 39.0 Å². The summed E-state index contributed by atoms with van der Waals surface area (Å²) in [6, 6.07) is 0.383. The maximum Gasteiger partial charge on any atom is 0.0783 e. The number of hydrogen-bond acceptors (Lipinski definition) is 5. The Morgan fingerprint density at radius 2 is 2.30 bits per heavy atom. The van der Waals surface area contributed by atoms with Crippen LogP contribution in [0.5, 0.6) is 0 Å². The molecular formula is C15H28N2O2S. The Labute approximate surface area is 126 Å². The van der Waals surface area contributed by atoms with Gasteiger partial charge in [0.25, 0.3) is 0 Å². The Bertz CT molecular complexity index is 323. The number of hydrazine groups is 1. The lowest BCUT2D eigenvalue weighted by molar-refractivity contribution is -0.0904. The fraction of sp³-hybridized carbons (Fsp3) is 1.00. The zero-order valence-corrected chi connectivity index (χ0v) is 13.3. The number of ether oxygens (including phenoxy) is 2. The second-order valence-electron chi connectivity index (χ2n) is 6.55. The maximum atomic E-state index is 6.15. The van der Waals surface area contributed by atoms with Crippen molar-refractivity contribution >= 4 is 11.8 Å². The van der Waals surface area contributed by atoms with Crippen LogP contribution in [0, 0.1) is 11.8 Å². The minimum atomic E-state index is 0.143. The quantitative estimate of drug-likeness (QED) is 0.614. The number of thioether (sulfide) groups is 1. The van der Waals surface area contributed by atoms with Gasteiger partial charge in [-0.3, -0.25) is 11.3 Å². The SMILES string of the molecule is CCC1OCCC1C(NN)C1CCOC2(CCSC2)C1. The molecule has 3 aliphatic heterocycles. The van der Waals surface area contributed by atoms with E-state index >= 15 is 0 Å². The Kier molecular flexibility index (Phi) is 4.93. The van der Waals surface area contributed by atoms with Crippen LogP contribution in [0.3, 0.4) is 0 Å². The van der Waals surface area contributed by atoms with Crippen LogP contribution in [0.15, 0.2) is 0 Å². The van der Waals surface area contributed by atoms with Crippen molar-refractivity contribution in [3.8, 4) is 0 Å². The van der Waals surface area contributed by atoms with E-state index in [-0.39, 0.29) is 5.60 Å². The molecule has 0 saturated carbocycles. The van der Waals surface area contributed by atoms with Gasteiger partial charge in [0.2, 0.25) is 0 Å². The Morgan fingerprint density at radius 3 is 3.00 bits per heavy atom. The van der Waals surface area contributed by atoms with E-state index in [2.05, 4.69) is 12.3 Å². The van der Waals surface area contributed by atoms with Crippen molar-refractivity contribution in [1.29, 1.82) is 0 Å². The van der Waals surface area contributed by atoms with E-state index in [9.17, 15) is 0 Å². The summed E-state index contributed by atoms with van der Waals surface area (Å²) >= 11 is 2.04. The van der Waals surface area contributed by atoms with Crippen molar-refractivity contribution in [2.75, 3.05) is 24.7 Å². The highest BCUT2D eigenvalue weighted by molar-refractivity contribution is 7.99. The molecule has 1 spiro atoms. The fourth-order valence-electron chi connectivity index (χ4n) is 4.34. The summed E-state index contributed by atoms with van der Waals surface area (Å²) in [6.45, 7) is 4.01. The highest BCUT2D eigenvalue weighted by Crippen LogP contribution is 2.43. The van der Waals surface area contributed by atoms with Gasteiger partial charge in [-0.1, -0.05) is 6.92 Å². The molecule has 5 atom stereocenters. The van der Waals surface area contributed by atoms with Gasteiger partial charge in [-0.15, -0.1) is 0 Å². The lowest BCUT2D eigenvalue weighted by atomic mass is 9.75. The molecule has 0 radical (unpaired) electrons. The molecule has 20 heavy (non-hydrogen) atoms. The van der Waals surface area contributed by atoms with Gasteiger partial charge >= 0.3 is 0 Å². The molecule has 0 aromatic carbocycles. The van der Waals surface area contributed by atoms with Gasteiger partial charge in [0.1, 0.15) is 0 Å². The molecule has 3 rings (SSSR count). The summed E-state index contributed by atoms with van der Waals surface area (Å²) in [4.78, 5) is 0. The Hall–Kier alpha value is 0.190. The zero-order valence-electron chi connectivity index (χ0n) is 12.5. The smallest absolute Gasteiger partial charge is 0.0783 e. The van der Waals surface area contributed by atoms with Crippen LogP contribution in [0.25, 0.3) is 0 Å². The fourth-order valence-corrected chi connectivity index (χ4v) is 5.72.